The number of nitrogen functional groups attached to an aromatic ring is 1. The molecule has 4 N–H and O–H groups in total. The number of fused-ring (bicyclic) bond motifs is 1. The molecule has 0 unspecified atom stereocenters. The van der Waals surface area contributed by atoms with Crippen LogP contribution in [0.2, 0.25) is 0 Å². The highest BCUT2D eigenvalue weighted by atomic mass is 19.4. The highest BCUT2D eigenvalue weighted by Crippen LogP contribution is 2.39. The minimum atomic E-state index is -4.37. The summed E-state index contributed by atoms with van der Waals surface area (Å²) in [4.78, 5) is 19.7. The molecule has 1 amide bonds. The summed E-state index contributed by atoms with van der Waals surface area (Å²) in [6.07, 6.45) is -2.84. The molecule has 2 atom stereocenters. The van der Waals surface area contributed by atoms with Crippen LogP contribution < -0.4 is 11.1 Å². The first-order chi connectivity index (χ1) is 17.1. The number of anilines is 1. The van der Waals surface area contributed by atoms with E-state index in [0.717, 1.165) is 34.5 Å². The number of hydrogen-bond donors (Lipinski definition) is 3. The number of rotatable bonds is 7. The van der Waals surface area contributed by atoms with Crippen LogP contribution in [0.5, 0.6) is 0 Å². The van der Waals surface area contributed by atoms with Crippen LogP contribution in [0, 0.1) is 5.92 Å². The third-order valence-corrected chi connectivity index (χ3v) is 6.44. The SMILES string of the molecule is CC(C)[C@H]1c2ncc(C(=O)N[C@@H](CO)c3ccc(N)cc3)cc2CN1Cc1ccc(C(F)(F)F)cc1. The van der Waals surface area contributed by atoms with E-state index in [1.54, 1.807) is 30.3 Å². The van der Waals surface area contributed by atoms with Crippen LogP contribution >= 0.6 is 0 Å². The van der Waals surface area contributed by atoms with Gasteiger partial charge in [-0.25, -0.2) is 0 Å². The van der Waals surface area contributed by atoms with Gasteiger partial charge in [0.25, 0.3) is 5.91 Å². The largest absolute Gasteiger partial charge is 0.416 e. The van der Waals surface area contributed by atoms with Crippen LogP contribution in [-0.4, -0.2) is 27.5 Å². The van der Waals surface area contributed by atoms with E-state index in [2.05, 4.69) is 29.0 Å². The summed E-state index contributed by atoms with van der Waals surface area (Å²) in [6, 6.07) is 13.3. The Bertz CT molecular complexity index is 1210. The van der Waals surface area contributed by atoms with Crippen molar-refractivity contribution in [2.24, 2.45) is 5.92 Å². The molecule has 0 fully saturated rings. The number of benzene rings is 2. The number of nitrogens with two attached hydrogens (primary N) is 1. The summed E-state index contributed by atoms with van der Waals surface area (Å²) in [5.74, 6) is -0.152. The van der Waals surface area contributed by atoms with Crippen molar-refractivity contribution in [1.82, 2.24) is 15.2 Å². The average Bonchev–Trinajstić information content (AvgIpc) is 3.20. The number of aliphatic hydroxyl groups is 1. The molecule has 1 aromatic heterocycles. The van der Waals surface area contributed by atoms with Crippen molar-refractivity contribution in [2.75, 3.05) is 12.3 Å². The lowest BCUT2D eigenvalue weighted by Gasteiger charge is -2.27. The zero-order valence-corrected chi connectivity index (χ0v) is 20.1. The van der Waals surface area contributed by atoms with Crippen LogP contribution in [0.4, 0.5) is 18.9 Å². The summed E-state index contributed by atoms with van der Waals surface area (Å²) < 4.78 is 38.8. The van der Waals surface area contributed by atoms with E-state index in [-0.39, 0.29) is 24.5 Å². The molecule has 3 aromatic rings. The Balaban J connectivity index is 1.51. The lowest BCUT2D eigenvalue weighted by Crippen LogP contribution is -2.31. The molecule has 1 aliphatic rings. The highest BCUT2D eigenvalue weighted by molar-refractivity contribution is 5.94. The van der Waals surface area contributed by atoms with Gasteiger partial charge >= 0.3 is 6.18 Å². The van der Waals surface area contributed by atoms with Crippen molar-refractivity contribution < 1.29 is 23.1 Å². The maximum Gasteiger partial charge on any atom is 0.416 e. The van der Waals surface area contributed by atoms with Gasteiger partial charge in [0.15, 0.2) is 0 Å². The van der Waals surface area contributed by atoms with E-state index >= 15 is 0 Å². The van der Waals surface area contributed by atoms with Crippen molar-refractivity contribution in [3.8, 4) is 0 Å². The summed E-state index contributed by atoms with van der Waals surface area (Å²) >= 11 is 0. The Morgan fingerprint density at radius 1 is 1.17 bits per heavy atom. The van der Waals surface area contributed by atoms with E-state index in [0.29, 0.717) is 24.3 Å². The Hall–Kier alpha value is -3.43. The number of nitrogens with zero attached hydrogens (tertiary/aromatic N) is 2. The van der Waals surface area contributed by atoms with Gasteiger partial charge in [-0.05, 0) is 52.9 Å². The molecule has 4 rings (SSSR count). The predicted octanol–water partition coefficient (Wildman–Crippen LogP) is 4.86. The molecular weight excluding hydrogens is 469 g/mol. The Morgan fingerprint density at radius 3 is 2.42 bits per heavy atom. The zero-order valence-electron chi connectivity index (χ0n) is 20.1. The second kappa shape index (κ2) is 10.3. The molecule has 0 radical (unpaired) electrons. The van der Waals surface area contributed by atoms with Gasteiger partial charge in [0.05, 0.1) is 35.5 Å². The summed E-state index contributed by atoms with van der Waals surface area (Å²) in [7, 11) is 0. The molecule has 2 aromatic carbocycles. The van der Waals surface area contributed by atoms with Crippen molar-refractivity contribution in [1.29, 1.82) is 0 Å². The topological polar surface area (TPSA) is 91.5 Å². The van der Waals surface area contributed by atoms with Crippen LogP contribution in [0.1, 0.15) is 64.2 Å². The zero-order chi connectivity index (χ0) is 26.0. The minimum Gasteiger partial charge on any atom is -0.399 e. The molecule has 0 aliphatic carbocycles. The second-order valence-electron chi connectivity index (χ2n) is 9.43. The van der Waals surface area contributed by atoms with Crippen molar-refractivity contribution in [3.05, 3.63) is 94.3 Å². The molecule has 6 nitrogen and oxygen atoms in total. The molecular formula is C27H29F3N4O2. The predicted molar refractivity (Wildman–Crippen MR) is 131 cm³/mol. The Labute approximate surface area is 208 Å². The number of amides is 1. The van der Waals surface area contributed by atoms with Gasteiger partial charge in [-0.1, -0.05) is 38.1 Å². The number of halogens is 3. The fourth-order valence-corrected chi connectivity index (χ4v) is 4.66. The monoisotopic (exact) mass is 498 g/mol. The lowest BCUT2D eigenvalue weighted by atomic mass is 9.99. The fraction of sp³-hybridized carbons (Fsp3) is 0.333. The molecule has 0 spiro atoms. The van der Waals surface area contributed by atoms with Gasteiger partial charge in [0, 0.05) is 25.0 Å². The van der Waals surface area contributed by atoms with Crippen LogP contribution in [0.25, 0.3) is 0 Å². The third kappa shape index (κ3) is 5.52. The maximum atomic E-state index is 13.0. The van der Waals surface area contributed by atoms with Gasteiger partial charge in [0.2, 0.25) is 0 Å². The van der Waals surface area contributed by atoms with Crippen LogP contribution in [-0.2, 0) is 19.3 Å². The number of carbonyl (C=O) groups is 1. The maximum absolute atomic E-state index is 13.0. The number of aliphatic hydroxyl groups excluding tert-OH is 1. The van der Waals surface area contributed by atoms with E-state index in [1.165, 1.54) is 18.3 Å². The molecule has 0 saturated heterocycles. The Kier molecular flexibility index (Phi) is 7.33. The molecule has 190 valence electrons. The van der Waals surface area contributed by atoms with Crippen molar-refractivity contribution >= 4 is 11.6 Å². The lowest BCUT2D eigenvalue weighted by molar-refractivity contribution is -0.137. The van der Waals surface area contributed by atoms with Gasteiger partial charge in [0.1, 0.15) is 0 Å². The third-order valence-electron chi connectivity index (χ3n) is 6.44. The molecule has 0 saturated carbocycles. The summed E-state index contributed by atoms with van der Waals surface area (Å²) in [6.45, 7) is 4.85. The first-order valence-electron chi connectivity index (χ1n) is 11.7. The quantitative estimate of drug-likeness (QED) is 0.405. The molecule has 1 aliphatic heterocycles. The number of alkyl halides is 3. The van der Waals surface area contributed by atoms with Crippen molar-refractivity contribution in [2.45, 2.75) is 45.2 Å². The van der Waals surface area contributed by atoms with E-state index < -0.39 is 17.8 Å². The molecule has 2 heterocycles. The van der Waals surface area contributed by atoms with Gasteiger partial charge in [-0.2, -0.15) is 13.2 Å². The van der Waals surface area contributed by atoms with Gasteiger partial charge in [-0.15, -0.1) is 0 Å². The second-order valence-corrected chi connectivity index (χ2v) is 9.43. The molecule has 9 heteroatoms. The van der Waals surface area contributed by atoms with E-state index in [9.17, 15) is 23.1 Å². The normalized spacial score (nSPS) is 16.7. The highest BCUT2D eigenvalue weighted by Gasteiger charge is 2.35. The summed E-state index contributed by atoms with van der Waals surface area (Å²) in [5, 5.41) is 12.6. The van der Waals surface area contributed by atoms with Crippen LogP contribution in [0.3, 0.4) is 0 Å². The van der Waals surface area contributed by atoms with Gasteiger partial charge < -0.3 is 16.2 Å². The van der Waals surface area contributed by atoms with E-state index in [4.69, 9.17) is 5.73 Å². The standard InChI is InChI=1S/C27H29F3N4O2/c1-16(2)25-24-20(14-34(25)13-17-3-7-21(8-4-17)27(28,29)30)11-19(12-32-24)26(36)33-23(15-35)18-5-9-22(31)10-6-18/h3-12,16,23,25,35H,13-15,31H2,1-2H3,(H,33,36)/t23-,25-/m0/s1. The number of pyridine rings is 1. The smallest absolute Gasteiger partial charge is 0.399 e. The van der Waals surface area contributed by atoms with Crippen LogP contribution in [0.15, 0.2) is 60.8 Å². The fourth-order valence-electron chi connectivity index (χ4n) is 4.66. The number of carbonyl (C=O) groups excluding carboxylic acids is 1. The first kappa shape index (κ1) is 25.7. The average molecular weight is 499 g/mol. The molecule has 36 heavy (non-hydrogen) atoms. The Morgan fingerprint density at radius 2 is 1.83 bits per heavy atom. The van der Waals surface area contributed by atoms with E-state index in [1.807, 2.05) is 0 Å². The van der Waals surface area contributed by atoms with Crippen molar-refractivity contribution in [3.63, 3.8) is 0 Å². The number of nitrogens with one attached hydrogen (secondary N) is 1. The molecule has 0 bridgehead atoms. The van der Waals surface area contributed by atoms with Gasteiger partial charge in [-0.3, -0.25) is 14.7 Å². The number of aromatic nitrogens is 1. The first-order valence-corrected chi connectivity index (χ1v) is 11.7. The summed E-state index contributed by atoms with van der Waals surface area (Å²) in [5.41, 5.74) is 9.29. The number of hydrogen-bond acceptors (Lipinski definition) is 5. The minimum absolute atomic E-state index is 0.0284.